The molecule has 5 nitrogen and oxygen atoms in total. The molecule has 1 saturated heterocycles. The van der Waals surface area contributed by atoms with Gasteiger partial charge < -0.3 is 0 Å². The molecule has 0 bridgehead atoms. The van der Waals surface area contributed by atoms with E-state index in [1.807, 2.05) is 18.2 Å². The third-order valence-corrected chi connectivity index (χ3v) is 9.71. The van der Waals surface area contributed by atoms with E-state index < -0.39 is 25.9 Å². The maximum absolute atomic E-state index is 13.5. The molecule has 2 fully saturated rings. The highest BCUT2D eigenvalue weighted by Gasteiger charge is 2.39. The van der Waals surface area contributed by atoms with Crippen LogP contribution in [0.25, 0.3) is 0 Å². The largest absolute Gasteiger partial charge is 0.264 e. The van der Waals surface area contributed by atoms with Crippen LogP contribution in [0, 0.1) is 0 Å². The highest BCUT2D eigenvalue weighted by molar-refractivity contribution is 7.93. The standard InChI is InChI=1S/C22H27NO4S2/c24-28(25)16-15-21(17-28)23(20-9-5-2-6-10-20)29(26,27)22-13-11-19(12-14-22)18-7-3-1-4-8-18/h2,5-6,9-14,18,21H,1,3-4,7-8,15-17H2/t21-/m0/s1. The summed E-state index contributed by atoms with van der Waals surface area (Å²) in [6, 6.07) is 15.4. The zero-order valence-corrected chi connectivity index (χ0v) is 18.0. The summed E-state index contributed by atoms with van der Waals surface area (Å²) in [4.78, 5) is 0.213. The first-order valence-corrected chi connectivity index (χ1v) is 13.5. The van der Waals surface area contributed by atoms with E-state index in [2.05, 4.69) is 0 Å². The highest BCUT2D eigenvalue weighted by atomic mass is 32.2. The topological polar surface area (TPSA) is 71.5 Å². The number of benzene rings is 2. The maximum Gasteiger partial charge on any atom is 0.264 e. The lowest BCUT2D eigenvalue weighted by Crippen LogP contribution is -2.41. The minimum absolute atomic E-state index is 0.0249. The zero-order chi connectivity index (χ0) is 20.5. The average Bonchev–Trinajstić information content (AvgIpc) is 3.08. The van der Waals surface area contributed by atoms with Gasteiger partial charge in [0.2, 0.25) is 0 Å². The smallest absolute Gasteiger partial charge is 0.262 e. The van der Waals surface area contributed by atoms with Gasteiger partial charge in [-0.05, 0) is 55.0 Å². The second-order valence-electron chi connectivity index (χ2n) is 8.10. The highest BCUT2D eigenvalue weighted by Crippen LogP contribution is 2.34. The molecule has 1 aliphatic heterocycles. The van der Waals surface area contributed by atoms with Gasteiger partial charge in [0.1, 0.15) is 0 Å². The molecule has 2 aromatic rings. The molecular weight excluding hydrogens is 406 g/mol. The fraction of sp³-hybridized carbons (Fsp3) is 0.455. The summed E-state index contributed by atoms with van der Waals surface area (Å²) in [5.74, 6) is 0.393. The summed E-state index contributed by atoms with van der Waals surface area (Å²) in [6.07, 6.45) is 6.35. The minimum atomic E-state index is -3.87. The van der Waals surface area contributed by atoms with E-state index in [1.54, 1.807) is 36.4 Å². The Balaban J connectivity index is 1.68. The number of nitrogens with zero attached hydrogens (tertiary/aromatic N) is 1. The summed E-state index contributed by atoms with van der Waals surface area (Å²) < 4.78 is 52.5. The van der Waals surface area contributed by atoms with Gasteiger partial charge in [-0.3, -0.25) is 4.31 Å². The molecule has 0 radical (unpaired) electrons. The molecule has 1 heterocycles. The number of anilines is 1. The lowest BCUT2D eigenvalue weighted by Gasteiger charge is -2.30. The van der Waals surface area contributed by atoms with Crippen LogP contribution in [-0.4, -0.2) is 34.4 Å². The Morgan fingerprint density at radius 3 is 2.07 bits per heavy atom. The third-order valence-electron chi connectivity index (χ3n) is 6.06. The number of para-hydroxylation sites is 1. The molecule has 1 saturated carbocycles. The summed E-state index contributed by atoms with van der Waals surface area (Å²) in [5.41, 5.74) is 1.70. The monoisotopic (exact) mass is 433 g/mol. The van der Waals surface area contributed by atoms with Crippen LogP contribution in [0.1, 0.15) is 50.0 Å². The zero-order valence-electron chi connectivity index (χ0n) is 16.4. The van der Waals surface area contributed by atoms with Gasteiger partial charge in [0.15, 0.2) is 9.84 Å². The van der Waals surface area contributed by atoms with E-state index in [0.717, 1.165) is 12.8 Å². The Bertz CT molecular complexity index is 1040. The first-order chi connectivity index (χ1) is 13.9. The van der Waals surface area contributed by atoms with Gasteiger partial charge in [0.05, 0.1) is 28.1 Å². The molecule has 1 atom stereocenters. The lowest BCUT2D eigenvalue weighted by molar-refractivity contribution is 0.443. The molecular formula is C22H27NO4S2. The van der Waals surface area contributed by atoms with Crippen LogP contribution in [0.2, 0.25) is 0 Å². The summed E-state index contributed by atoms with van der Waals surface area (Å²) >= 11 is 0. The van der Waals surface area contributed by atoms with E-state index in [4.69, 9.17) is 0 Å². The molecule has 156 valence electrons. The van der Waals surface area contributed by atoms with E-state index >= 15 is 0 Å². The normalized spacial score (nSPS) is 22.4. The Labute approximate surface area is 173 Å². The van der Waals surface area contributed by atoms with Gasteiger partial charge >= 0.3 is 0 Å². The molecule has 2 aliphatic rings. The Morgan fingerprint density at radius 1 is 0.828 bits per heavy atom. The molecule has 0 N–H and O–H groups in total. The SMILES string of the molecule is O=S1(=O)CC[C@H](N(c2ccccc2)S(=O)(=O)c2ccc(C3CCCCC3)cc2)C1. The van der Waals surface area contributed by atoms with Crippen molar-refractivity contribution in [1.29, 1.82) is 0 Å². The van der Waals surface area contributed by atoms with E-state index in [0.29, 0.717) is 18.0 Å². The molecule has 0 amide bonds. The van der Waals surface area contributed by atoms with Crippen LogP contribution >= 0.6 is 0 Å². The van der Waals surface area contributed by atoms with Crippen molar-refractivity contribution in [2.75, 3.05) is 15.8 Å². The van der Waals surface area contributed by atoms with Crippen molar-refractivity contribution in [3.63, 3.8) is 0 Å². The van der Waals surface area contributed by atoms with Crippen LogP contribution in [-0.2, 0) is 19.9 Å². The van der Waals surface area contributed by atoms with Gasteiger partial charge in [0.25, 0.3) is 10.0 Å². The van der Waals surface area contributed by atoms with Crippen LogP contribution < -0.4 is 4.31 Å². The number of rotatable bonds is 5. The van der Waals surface area contributed by atoms with Gasteiger partial charge in [-0.2, -0.15) is 0 Å². The van der Waals surface area contributed by atoms with Crippen molar-refractivity contribution in [1.82, 2.24) is 0 Å². The van der Waals surface area contributed by atoms with Crippen molar-refractivity contribution in [2.24, 2.45) is 0 Å². The summed E-state index contributed by atoms with van der Waals surface area (Å²) in [6.45, 7) is 0. The molecule has 4 rings (SSSR count). The maximum atomic E-state index is 13.5. The van der Waals surface area contributed by atoms with E-state index in [9.17, 15) is 16.8 Å². The Kier molecular flexibility index (Phi) is 5.71. The second kappa shape index (κ2) is 8.11. The second-order valence-corrected chi connectivity index (χ2v) is 12.1. The van der Waals surface area contributed by atoms with Gasteiger partial charge in [-0.25, -0.2) is 16.8 Å². The molecule has 29 heavy (non-hydrogen) atoms. The lowest BCUT2D eigenvalue weighted by atomic mass is 9.84. The van der Waals surface area contributed by atoms with Crippen LogP contribution in [0.3, 0.4) is 0 Å². The minimum Gasteiger partial charge on any atom is -0.262 e. The van der Waals surface area contributed by atoms with E-state index in [-0.39, 0.29) is 16.4 Å². The number of hydrogen-bond donors (Lipinski definition) is 0. The predicted octanol–water partition coefficient (Wildman–Crippen LogP) is 4.12. The fourth-order valence-electron chi connectivity index (χ4n) is 4.54. The Morgan fingerprint density at radius 2 is 1.48 bits per heavy atom. The third kappa shape index (κ3) is 4.36. The number of sulfone groups is 1. The van der Waals surface area contributed by atoms with Crippen molar-refractivity contribution >= 4 is 25.5 Å². The van der Waals surface area contributed by atoms with Gasteiger partial charge in [-0.15, -0.1) is 0 Å². The Hall–Kier alpha value is -1.86. The first-order valence-electron chi connectivity index (χ1n) is 10.3. The molecule has 0 unspecified atom stereocenters. The quantitative estimate of drug-likeness (QED) is 0.711. The predicted molar refractivity (Wildman–Crippen MR) is 115 cm³/mol. The van der Waals surface area contributed by atoms with E-state index in [1.165, 1.54) is 29.1 Å². The summed E-state index contributed by atoms with van der Waals surface area (Å²) in [5, 5.41) is 0. The molecule has 0 spiro atoms. The van der Waals surface area contributed by atoms with Crippen LogP contribution in [0.4, 0.5) is 5.69 Å². The van der Waals surface area contributed by atoms with Crippen LogP contribution in [0.15, 0.2) is 59.5 Å². The van der Waals surface area contributed by atoms with Gasteiger partial charge in [-0.1, -0.05) is 49.6 Å². The molecule has 2 aromatic carbocycles. The fourth-order valence-corrected chi connectivity index (χ4v) is 8.02. The first kappa shape index (κ1) is 20.4. The average molecular weight is 434 g/mol. The number of hydrogen-bond acceptors (Lipinski definition) is 4. The molecule has 0 aromatic heterocycles. The van der Waals surface area contributed by atoms with Crippen molar-refractivity contribution in [2.45, 2.75) is 55.4 Å². The van der Waals surface area contributed by atoms with Crippen molar-refractivity contribution in [3.8, 4) is 0 Å². The van der Waals surface area contributed by atoms with Crippen molar-refractivity contribution < 1.29 is 16.8 Å². The van der Waals surface area contributed by atoms with Crippen LogP contribution in [0.5, 0.6) is 0 Å². The molecule has 1 aliphatic carbocycles. The summed E-state index contributed by atoms with van der Waals surface area (Å²) in [7, 11) is -7.08. The van der Waals surface area contributed by atoms with Crippen molar-refractivity contribution in [3.05, 3.63) is 60.2 Å². The number of sulfonamides is 1. The molecule has 7 heteroatoms. The van der Waals surface area contributed by atoms with Gasteiger partial charge in [0, 0.05) is 0 Å².